The molecule has 2 unspecified atom stereocenters. The molecular weight excluding hydrogens is 443 g/mol. The van der Waals surface area contributed by atoms with Crippen LogP contribution in [-0.2, 0) is 11.2 Å². The van der Waals surface area contributed by atoms with Crippen LogP contribution in [0, 0.1) is 0 Å². The summed E-state index contributed by atoms with van der Waals surface area (Å²) in [5, 5.41) is 6.75. The van der Waals surface area contributed by atoms with E-state index in [0.717, 1.165) is 44.2 Å². The van der Waals surface area contributed by atoms with Crippen LogP contribution in [0.2, 0.25) is 0 Å². The molecule has 1 aromatic carbocycles. The van der Waals surface area contributed by atoms with Crippen molar-refractivity contribution in [2.75, 3.05) is 26.2 Å². The Balaban J connectivity index is 0.00000243. The monoisotopic (exact) mass is 472 g/mol. The molecule has 26 heavy (non-hydrogen) atoms. The zero-order chi connectivity index (χ0) is 17.6. The predicted molar refractivity (Wildman–Crippen MR) is 114 cm³/mol. The van der Waals surface area contributed by atoms with Crippen molar-refractivity contribution >= 4 is 35.8 Å². The first-order chi connectivity index (χ1) is 12.2. The SMILES string of the molecule is CCNC(=NCC1Cc2ccccc2O1)NC1CCN(C(=O)CC)C1.I. The van der Waals surface area contributed by atoms with Gasteiger partial charge in [0.1, 0.15) is 11.9 Å². The molecule has 2 atom stereocenters. The molecule has 6 nitrogen and oxygen atoms in total. The second-order valence-corrected chi connectivity index (χ2v) is 6.59. The van der Waals surface area contributed by atoms with Gasteiger partial charge in [0.2, 0.25) is 5.91 Å². The minimum absolute atomic E-state index is 0. The number of carbonyl (C=O) groups is 1. The van der Waals surface area contributed by atoms with Crippen molar-refractivity contribution in [3.05, 3.63) is 29.8 Å². The second-order valence-electron chi connectivity index (χ2n) is 6.59. The van der Waals surface area contributed by atoms with Gasteiger partial charge in [-0.3, -0.25) is 4.79 Å². The highest BCUT2D eigenvalue weighted by Crippen LogP contribution is 2.28. The first-order valence-corrected chi connectivity index (χ1v) is 9.26. The van der Waals surface area contributed by atoms with Crippen molar-refractivity contribution < 1.29 is 9.53 Å². The molecule has 2 N–H and O–H groups in total. The molecule has 1 amide bonds. The fourth-order valence-corrected chi connectivity index (χ4v) is 3.39. The van der Waals surface area contributed by atoms with Gasteiger partial charge in [0, 0.05) is 38.5 Å². The minimum atomic E-state index is 0. The van der Waals surface area contributed by atoms with E-state index in [2.05, 4.69) is 23.6 Å². The first-order valence-electron chi connectivity index (χ1n) is 9.26. The number of likely N-dealkylation sites (tertiary alicyclic amines) is 1. The number of benzene rings is 1. The minimum Gasteiger partial charge on any atom is -0.488 e. The normalized spacial score (nSPS) is 21.6. The van der Waals surface area contributed by atoms with E-state index in [-0.39, 0.29) is 42.0 Å². The van der Waals surface area contributed by atoms with E-state index < -0.39 is 0 Å². The van der Waals surface area contributed by atoms with Crippen LogP contribution in [-0.4, -0.2) is 55.1 Å². The van der Waals surface area contributed by atoms with Crippen LogP contribution in [0.5, 0.6) is 5.75 Å². The van der Waals surface area contributed by atoms with Crippen molar-refractivity contribution in [2.45, 2.75) is 45.3 Å². The van der Waals surface area contributed by atoms with E-state index >= 15 is 0 Å². The summed E-state index contributed by atoms with van der Waals surface area (Å²) in [5.74, 6) is 2.01. The molecule has 0 bridgehead atoms. The molecule has 2 heterocycles. The Hall–Kier alpha value is -1.51. The fraction of sp³-hybridized carbons (Fsp3) is 0.579. The van der Waals surface area contributed by atoms with Crippen molar-refractivity contribution in [1.29, 1.82) is 0 Å². The summed E-state index contributed by atoms with van der Waals surface area (Å²) < 4.78 is 5.95. The molecule has 2 aliphatic rings. The summed E-state index contributed by atoms with van der Waals surface area (Å²) in [6.45, 7) is 6.97. The van der Waals surface area contributed by atoms with Crippen LogP contribution >= 0.6 is 24.0 Å². The smallest absolute Gasteiger partial charge is 0.222 e. The van der Waals surface area contributed by atoms with Gasteiger partial charge >= 0.3 is 0 Å². The van der Waals surface area contributed by atoms with Crippen LogP contribution in [0.3, 0.4) is 0 Å². The van der Waals surface area contributed by atoms with Gasteiger partial charge in [0.05, 0.1) is 6.54 Å². The summed E-state index contributed by atoms with van der Waals surface area (Å²) in [6.07, 6.45) is 2.53. The standard InChI is InChI=1S/C19H28N4O2.HI/c1-3-18(24)23-10-9-15(13-23)22-19(20-4-2)21-12-16-11-14-7-5-6-8-17(14)25-16;/h5-8,15-16H,3-4,9-13H2,1-2H3,(H2,20,21,22);1H. The molecule has 144 valence electrons. The van der Waals surface area contributed by atoms with Gasteiger partial charge < -0.3 is 20.3 Å². The maximum atomic E-state index is 11.8. The fourth-order valence-electron chi connectivity index (χ4n) is 3.39. The van der Waals surface area contributed by atoms with Gasteiger partial charge in [-0.05, 0) is 25.0 Å². The Labute approximate surface area is 172 Å². The number of carbonyl (C=O) groups excluding carboxylic acids is 1. The van der Waals surface area contributed by atoms with Crippen molar-refractivity contribution in [1.82, 2.24) is 15.5 Å². The van der Waals surface area contributed by atoms with Crippen LogP contribution in [0.25, 0.3) is 0 Å². The number of rotatable bonds is 5. The van der Waals surface area contributed by atoms with E-state index in [4.69, 9.17) is 9.73 Å². The molecule has 1 fully saturated rings. The highest BCUT2D eigenvalue weighted by atomic mass is 127. The molecule has 7 heteroatoms. The van der Waals surface area contributed by atoms with Crippen LogP contribution in [0.4, 0.5) is 0 Å². The number of fused-ring (bicyclic) bond motifs is 1. The second kappa shape index (κ2) is 9.99. The van der Waals surface area contributed by atoms with E-state index in [1.54, 1.807) is 0 Å². The van der Waals surface area contributed by atoms with Crippen molar-refractivity contribution in [3.8, 4) is 5.75 Å². The van der Waals surface area contributed by atoms with Gasteiger partial charge in [-0.25, -0.2) is 4.99 Å². The highest BCUT2D eigenvalue weighted by Gasteiger charge is 2.26. The van der Waals surface area contributed by atoms with Crippen LogP contribution < -0.4 is 15.4 Å². The van der Waals surface area contributed by atoms with Gasteiger partial charge in [0.25, 0.3) is 0 Å². The van der Waals surface area contributed by atoms with Crippen LogP contribution in [0.1, 0.15) is 32.3 Å². The molecule has 0 aliphatic carbocycles. The van der Waals surface area contributed by atoms with E-state index in [0.29, 0.717) is 13.0 Å². The summed E-state index contributed by atoms with van der Waals surface area (Å²) in [4.78, 5) is 18.4. The first kappa shape index (κ1) is 20.8. The number of amides is 1. The number of aliphatic imine (C=N–C) groups is 1. The molecule has 0 spiro atoms. The largest absolute Gasteiger partial charge is 0.488 e. The maximum Gasteiger partial charge on any atom is 0.222 e. The maximum absolute atomic E-state index is 11.8. The van der Waals surface area contributed by atoms with E-state index in [1.165, 1.54) is 5.56 Å². The molecule has 3 rings (SSSR count). The molecule has 0 aromatic heterocycles. The van der Waals surface area contributed by atoms with E-state index in [9.17, 15) is 4.79 Å². The molecule has 0 radical (unpaired) electrons. The molecule has 1 saturated heterocycles. The summed E-state index contributed by atoms with van der Waals surface area (Å²) in [5.41, 5.74) is 1.25. The lowest BCUT2D eigenvalue weighted by Crippen LogP contribution is -2.45. The number of halogens is 1. The highest BCUT2D eigenvalue weighted by molar-refractivity contribution is 14.0. The van der Waals surface area contributed by atoms with E-state index in [1.807, 2.05) is 30.0 Å². The average molecular weight is 472 g/mol. The quantitative estimate of drug-likeness (QED) is 0.392. The third kappa shape index (κ3) is 5.25. The molecule has 0 saturated carbocycles. The van der Waals surface area contributed by atoms with Crippen molar-refractivity contribution in [2.24, 2.45) is 4.99 Å². The zero-order valence-electron chi connectivity index (χ0n) is 15.5. The number of para-hydroxylation sites is 1. The lowest BCUT2D eigenvalue weighted by molar-refractivity contribution is -0.129. The third-order valence-corrected chi connectivity index (χ3v) is 4.70. The Kier molecular flexibility index (Phi) is 7.99. The van der Waals surface area contributed by atoms with Crippen LogP contribution in [0.15, 0.2) is 29.3 Å². The summed E-state index contributed by atoms with van der Waals surface area (Å²) in [7, 11) is 0. The van der Waals surface area contributed by atoms with Gasteiger partial charge in [-0.2, -0.15) is 0 Å². The van der Waals surface area contributed by atoms with Gasteiger partial charge in [-0.1, -0.05) is 25.1 Å². The Morgan fingerprint density at radius 1 is 1.35 bits per heavy atom. The Bertz CT molecular complexity index is 613. The predicted octanol–water partition coefficient (Wildman–Crippen LogP) is 2.17. The Morgan fingerprint density at radius 2 is 2.15 bits per heavy atom. The zero-order valence-corrected chi connectivity index (χ0v) is 17.9. The molecular formula is C19H29IN4O2. The average Bonchev–Trinajstić information content (AvgIpc) is 3.25. The molecule has 1 aromatic rings. The summed E-state index contributed by atoms with van der Waals surface area (Å²) >= 11 is 0. The lowest BCUT2D eigenvalue weighted by Gasteiger charge is -2.19. The third-order valence-electron chi connectivity index (χ3n) is 4.70. The number of ether oxygens (including phenoxy) is 1. The number of hydrogen-bond donors (Lipinski definition) is 2. The number of nitrogens with zero attached hydrogens (tertiary/aromatic N) is 2. The van der Waals surface area contributed by atoms with Gasteiger partial charge in [-0.15, -0.1) is 24.0 Å². The lowest BCUT2D eigenvalue weighted by atomic mass is 10.1. The van der Waals surface area contributed by atoms with Crippen molar-refractivity contribution in [3.63, 3.8) is 0 Å². The molecule has 2 aliphatic heterocycles. The number of hydrogen-bond acceptors (Lipinski definition) is 3. The number of nitrogens with one attached hydrogen (secondary N) is 2. The topological polar surface area (TPSA) is 66.0 Å². The van der Waals surface area contributed by atoms with Gasteiger partial charge in [0.15, 0.2) is 5.96 Å². The summed E-state index contributed by atoms with van der Waals surface area (Å²) in [6, 6.07) is 8.43. The Morgan fingerprint density at radius 3 is 2.88 bits per heavy atom. The number of guanidine groups is 1.